The summed E-state index contributed by atoms with van der Waals surface area (Å²) in [6.45, 7) is 2.11. The second-order valence-corrected chi connectivity index (χ2v) is 4.21. The van der Waals surface area contributed by atoms with Crippen LogP contribution in [-0.2, 0) is 4.79 Å². The molecule has 14 heavy (non-hydrogen) atoms. The van der Waals surface area contributed by atoms with E-state index in [4.69, 9.17) is 0 Å². The van der Waals surface area contributed by atoms with Gasteiger partial charge >= 0.3 is 5.97 Å². The Hall–Kier alpha value is -0.790. The van der Waals surface area contributed by atoms with Crippen LogP contribution in [0, 0.1) is 5.41 Å². The van der Waals surface area contributed by atoms with Crippen LogP contribution in [0.3, 0.4) is 0 Å². The van der Waals surface area contributed by atoms with Gasteiger partial charge in [0.1, 0.15) is 0 Å². The molecule has 1 aliphatic carbocycles. The molecule has 0 spiro atoms. The molecule has 0 aromatic rings. The summed E-state index contributed by atoms with van der Waals surface area (Å²) in [5.41, 5.74) is -0.534. The molecular weight excluding hydrogens is 176 g/mol. The van der Waals surface area contributed by atoms with E-state index in [0.717, 1.165) is 38.5 Å². The Morgan fingerprint density at radius 1 is 1.36 bits per heavy atom. The third-order valence-electron chi connectivity index (χ3n) is 3.06. The third-order valence-corrected chi connectivity index (χ3v) is 3.06. The molecular formula is C12H20O2. The van der Waals surface area contributed by atoms with Crippen molar-refractivity contribution >= 4 is 5.97 Å². The largest absolute Gasteiger partial charge is 0.481 e. The van der Waals surface area contributed by atoms with Gasteiger partial charge in [0.15, 0.2) is 0 Å². The molecule has 1 N–H and O–H groups in total. The smallest absolute Gasteiger partial charge is 0.313 e. The summed E-state index contributed by atoms with van der Waals surface area (Å²) in [5.74, 6) is -0.635. The van der Waals surface area contributed by atoms with Gasteiger partial charge in [-0.25, -0.2) is 0 Å². The molecule has 0 amide bonds. The molecule has 0 atom stereocenters. The Morgan fingerprint density at radius 2 is 2.00 bits per heavy atom. The number of carboxylic acid groups (broad SMARTS) is 1. The number of aliphatic carboxylic acids is 1. The number of hydrogen-bond donors (Lipinski definition) is 1. The highest BCUT2D eigenvalue weighted by atomic mass is 16.4. The average Bonchev–Trinajstić information content (AvgIpc) is 2.19. The molecule has 80 valence electrons. The van der Waals surface area contributed by atoms with E-state index in [9.17, 15) is 9.90 Å². The number of hydrogen-bond acceptors (Lipinski definition) is 1. The summed E-state index contributed by atoms with van der Waals surface area (Å²) in [4.78, 5) is 11.2. The van der Waals surface area contributed by atoms with Crippen LogP contribution < -0.4 is 0 Å². The standard InChI is InChI=1S/C12H20O2/c1-2-3-5-8-12(11(13)14)9-6-4-7-10-12/h5,8H,2-4,6-7,9-10H2,1H3,(H,13,14)/b8-5+. The van der Waals surface area contributed by atoms with E-state index in [2.05, 4.69) is 6.92 Å². The molecule has 0 radical (unpaired) electrons. The zero-order chi connectivity index (χ0) is 10.4. The summed E-state index contributed by atoms with van der Waals surface area (Å²) in [5, 5.41) is 9.24. The highest BCUT2D eigenvalue weighted by molar-refractivity contribution is 5.77. The van der Waals surface area contributed by atoms with Crippen LogP contribution in [0.15, 0.2) is 12.2 Å². The first kappa shape index (κ1) is 11.3. The maximum atomic E-state index is 11.2. The lowest BCUT2D eigenvalue weighted by Gasteiger charge is -2.30. The molecule has 0 bridgehead atoms. The molecule has 2 nitrogen and oxygen atoms in total. The summed E-state index contributed by atoms with van der Waals surface area (Å²) in [7, 11) is 0. The first-order valence-electron chi connectivity index (χ1n) is 5.62. The molecule has 0 saturated heterocycles. The monoisotopic (exact) mass is 196 g/mol. The predicted molar refractivity (Wildman–Crippen MR) is 57.2 cm³/mol. The first-order valence-corrected chi connectivity index (χ1v) is 5.62. The Balaban J connectivity index is 2.65. The second-order valence-electron chi connectivity index (χ2n) is 4.21. The van der Waals surface area contributed by atoms with Crippen molar-refractivity contribution in [2.75, 3.05) is 0 Å². The fourth-order valence-electron chi connectivity index (χ4n) is 2.11. The molecule has 0 aromatic carbocycles. The summed E-state index contributed by atoms with van der Waals surface area (Å²) < 4.78 is 0. The third kappa shape index (κ3) is 2.60. The number of unbranched alkanes of at least 4 members (excludes halogenated alkanes) is 1. The van der Waals surface area contributed by atoms with Gasteiger partial charge in [0.25, 0.3) is 0 Å². The fourth-order valence-corrected chi connectivity index (χ4v) is 2.11. The van der Waals surface area contributed by atoms with Gasteiger partial charge in [0.05, 0.1) is 5.41 Å². The Bertz CT molecular complexity index is 212. The van der Waals surface area contributed by atoms with Gasteiger partial charge < -0.3 is 5.11 Å². The Kier molecular flexibility index (Phi) is 4.18. The average molecular weight is 196 g/mol. The van der Waals surface area contributed by atoms with E-state index in [0.29, 0.717) is 0 Å². The van der Waals surface area contributed by atoms with Crippen molar-refractivity contribution in [1.82, 2.24) is 0 Å². The van der Waals surface area contributed by atoms with Gasteiger partial charge in [0, 0.05) is 0 Å². The van der Waals surface area contributed by atoms with E-state index in [-0.39, 0.29) is 0 Å². The van der Waals surface area contributed by atoms with E-state index < -0.39 is 11.4 Å². The highest BCUT2D eigenvalue weighted by Crippen LogP contribution is 2.37. The molecule has 0 unspecified atom stereocenters. The zero-order valence-corrected chi connectivity index (χ0v) is 8.96. The molecule has 2 heteroatoms. The summed E-state index contributed by atoms with van der Waals surface area (Å²) >= 11 is 0. The number of carbonyl (C=O) groups is 1. The molecule has 0 aromatic heterocycles. The molecule has 1 fully saturated rings. The predicted octanol–water partition coefficient (Wildman–Crippen LogP) is 3.38. The lowest BCUT2D eigenvalue weighted by molar-refractivity contribution is -0.147. The van der Waals surface area contributed by atoms with Crippen molar-refractivity contribution in [2.24, 2.45) is 5.41 Å². The van der Waals surface area contributed by atoms with Gasteiger partial charge in [-0.15, -0.1) is 0 Å². The van der Waals surface area contributed by atoms with Gasteiger partial charge in [0.2, 0.25) is 0 Å². The van der Waals surface area contributed by atoms with E-state index in [1.165, 1.54) is 6.42 Å². The van der Waals surface area contributed by atoms with Crippen molar-refractivity contribution in [3.05, 3.63) is 12.2 Å². The first-order chi connectivity index (χ1) is 6.71. The van der Waals surface area contributed by atoms with Gasteiger partial charge in [-0.05, 0) is 19.3 Å². The topological polar surface area (TPSA) is 37.3 Å². The number of allylic oxidation sites excluding steroid dienone is 1. The van der Waals surface area contributed by atoms with Crippen molar-refractivity contribution in [1.29, 1.82) is 0 Å². The summed E-state index contributed by atoms with van der Waals surface area (Å²) in [6.07, 6.45) is 11.0. The van der Waals surface area contributed by atoms with Gasteiger partial charge in [-0.2, -0.15) is 0 Å². The van der Waals surface area contributed by atoms with Crippen LogP contribution in [0.4, 0.5) is 0 Å². The minimum absolute atomic E-state index is 0.534. The number of rotatable bonds is 4. The highest BCUT2D eigenvalue weighted by Gasteiger charge is 2.36. The van der Waals surface area contributed by atoms with Gasteiger partial charge in [-0.3, -0.25) is 4.79 Å². The molecule has 1 saturated carbocycles. The van der Waals surface area contributed by atoms with Crippen molar-refractivity contribution in [3.8, 4) is 0 Å². The van der Waals surface area contributed by atoms with Gasteiger partial charge in [-0.1, -0.05) is 44.8 Å². The lowest BCUT2D eigenvalue weighted by Crippen LogP contribution is -2.31. The SMILES string of the molecule is CCC/C=C/C1(C(=O)O)CCCCC1. The van der Waals surface area contributed by atoms with Crippen LogP contribution in [0.5, 0.6) is 0 Å². The number of carboxylic acids is 1. The summed E-state index contributed by atoms with van der Waals surface area (Å²) in [6, 6.07) is 0. The molecule has 0 aliphatic heterocycles. The Morgan fingerprint density at radius 3 is 2.50 bits per heavy atom. The fraction of sp³-hybridized carbons (Fsp3) is 0.750. The molecule has 1 aliphatic rings. The van der Waals surface area contributed by atoms with Crippen LogP contribution >= 0.6 is 0 Å². The maximum Gasteiger partial charge on any atom is 0.313 e. The minimum Gasteiger partial charge on any atom is -0.481 e. The molecule has 1 rings (SSSR count). The normalized spacial score (nSPS) is 21.2. The van der Waals surface area contributed by atoms with E-state index in [1.54, 1.807) is 0 Å². The van der Waals surface area contributed by atoms with E-state index in [1.807, 2.05) is 12.2 Å². The van der Waals surface area contributed by atoms with Crippen LogP contribution in [-0.4, -0.2) is 11.1 Å². The van der Waals surface area contributed by atoms with Crippen molar-refractivity contribution in [2.45, 2.75) is 51.9 Å². The lowest BCUT2D eigenvalue weighted by atomic mass is 9.74. The quantitative estimate of drug-likeness (QED) is 0.700. The molecule has 0 heterocycles. The Labute approximate surface area is 86.0 Å². The van der Waals surface area contributed by atoms with Crippen LogP contribution in [0.1, 0.15) is 51.9 Å². The maximum absolute atomic E-state index is 11.2. The van der Waals surface area contributed by atoms with Crippen molar-refractivity contribution in [3.63, 3.8) is 0 Å². The van der Waals surface area contributed by atoms with Crippen molar-refractivity contribution < 1.29 is 9.90 Å². The second kappa shape index (κ2) is 5.18. The van der Waals surface area contributed by atoms with Crippen LogP contribution in [0.25, 0.3) is 0 Å². The van der Waals surface area contributed by atoms with E-state index >= 15 is 0 Å². The minimum atomic E-state index is -0.635. The zero-order valence-electron chi connectivity index (χ0n) is 8.96. The van der Waals surface area contributed by atoms with Crippen LogP contribution in [0.2, 0.25) is 0 Å².